The van der Waals surface area contributed by atoms with Gasteiger partial charge in [-0.1, -0.05) is 6.07 Å². The molecule has 0 aliphatic rings. The Labute approximate surface area is 134 Å². The zero-order valence-corrected chi connectivity index (χ0v) is 13.4. The lowest BCUT2D eigenvalue weighted by Gasteiger charge is -2.26. The molecule has 0 saturated heterocycles. The first-order valence-corrected chi connectivity index (χ1v) is 7.36. The molecule has 0 aromatic carbocycles. The van der Waals surface area contributed by atoms with Crippen LogP contribution in [0.2, 0.25) is 0 Å². The van der Waals surface area contributed by atoms with Crippen molar-refractivity contribution in [2.75, 3.05) is 12.3 Å². The lowest BCUT2D eigenvalue weighted by Crippen LogP contribution is -2.30. The van der Waals surface area contributed by atoms with Crippen LogP contribution in [0.25, 0.3) is 22.8 Å². The number of aryl methyl sites for hydroxylation is 1. The number of aliphatic hydroxyl groups is 1. The van der Waals surface area contributed by atoms with E-state index in [2.05, 4.69) is 19.9 Å². The van der Waals surface area contributed by atoms with Gasteiger partial charge in [-0.3, -0.25) is 4.98 Å². The van der Waals surface area contributed by atoms with Gasteiger partial charge in [0.05, 0.1) is 41.8 Å². The number of hydrogen-bond acceptors (Lipinski definition) is 5. The molecule has 3 aromatic rings. The summed E-state index contributed by atoms with van der Waals surface area (Å²) < 4.78 is 1.90. The monoisotopic (exact) mass is 312 g/mol. The molecule has 0 saturated carbocycles. The van der Waals surface area contributed by atoms with Crippen molar-refractivity contribution >= 4 is 5.95 Å². The molecule has 3 aromatic heterocycles. The minimum absolute atomic E-state index is 0.0159. The third-order valence-corrected chi connectivity index (χ3v) is 3.79. The van der Waals surface area contributed by atoms with E-state index in [4.69, 9.17) is 5.73 Å². The van der Waals surface area contributed by atoms with Crippen molar-refractivity contribution < 1.29 is 5.11 Å². The van der Waals surface area contributed by atoms with Crippen molar-refractivity contribution in [3.63, 3.8) is 0 Å². The number of hydrogen-bond donors (Lipinski definition) is 3. The normalized spacial score (nSPS) is 11.8. The fourth-order valence-corrected chi connectivity index (χ4v) is 2.48. The largest absolute Gasteiger partial charge is 0.394 e. The highest BCUT2D eigenvalue weighted by molar-refractivity contribution is 5.76. The van der Waals surface area contributed by atoms with E-state index in [1.165, 1.54) is 0 Å². The van der Waals surface area contributed by atoms with E-state index in [9.17, 15) is 5.11 Å². The number of pyridine rings is 1. The van der Waals surface area contributed by atoms with Gasteiger partial charge in [-0.05, 0) is 32.9 Å². The van der Waals surface area contributed by atoms with Crippen LogP contribution in [-0.2, 0) is 5.54 Å². The molecular weight excluding hydrogens is 292 g/mol. The number of rotatable bonds is 4. The minimum atomic E-state index is -0.497. The van der Waals surface area contributed by atoms with Gasteiger partial charge in [0.1, 0.15) is 5.69 Å². The molecule has 0 bridgehead atoms. The van der Waals surface area contributed by atoms with Gasteiger partial charge in [-0.2, -0.15) is 0 Å². The fourth-order valence-electron chi connectivity index (χ4n) is 2.48. The third-order valence-electron chi connectivity index (χ3n) is 3.79. The minimum Gasteiger partial charge on any atom is -0.394 e. The van der Waals surface area contributed by atoms with E-state index >= 15 is 0 Å². The van der Waals surface area contributed by atoms with Gasteiger partial charge in [0.2, 0.25) is 0 Å². The van der Waals surface area contributed by atoms with Gasteiger partial charge < -0.3 is 20.4 Å². The van der Waals surface area contributed by atoms with Crippen LogP contribution >= 0.6 is 0 Å². The van der Waals surface area contributed by atoms with Crippen LogP contribution in [0.4, 0.5) is 5.95 Å². The summed E-state index contributed by atoms with van der Waals surface area (Å²) >= 11 is 0. The number of aromatic amines is 1. The topological polar surface area (TPSA) is 106 Å². The van der Waals surface area contributed by atoms with Crippen LogP contribution in [0, 0.1) is 6.92 Å². The SMILES string of the molecule is Cc1cccc(-c2nc(N)[nH]c2-c2cncn2C(C)(C)CO)n1. The molecule has 0 unspecified atom stereocenters. The van der Waals surface area contributed by atoms with E-state index in [1.54, 1.807) is 12.5 Å². The predicted molar refractivity (Wildman–Crippen MR) is 88.6 cm³/mol. The molecule has 3 heterocycles. The van der Waals surface area contributed by atoms with Crippen molar-refractivity contribution in [1.29, 1.82) is 0 Å². The smallest absolute Gasteiger partial charge is 0.198 e. The van der Waals surface area contributed by atoms with E-state index in [-0.39, 0.29) is 6.61 Å². The van der Waals surface area contributed by atoms with Gasteiger partial charge >= 0.3 is 0 Å². The average Bonchev–Trinajstić information content (AvgIpc) is 3.13. The number of anilines is 1. The Hall–Kier alpha value is -2.67. The number of H-pyrrole nitrogens is 1. The van der Waals surface area contributed by atoms with Crippen molar-refractivity contribution in [2.45, 2.75) is 26.3 Å². The standard InChI is InChI=1S/C16H20N6O/c1-10-5-4-6-11(19-10)13-14(21-15(17)20-13)12-7-18-9-22(12)16(2,3)8-23/h4-7,9,23H,8H2,1-3H3,(H3,17,20,21). The molecule has 0 aliphatic heterocycles. The number of nitrogens with two attached hydrogens (primary N) is 1. The molecule has 0 aliphatic carbocycles. The van der Waals surface area contributed by atoms with Crippen LogP contribution in [0.5, 0.6) is 0 Å². The fraction of sp³-hybridized carbons (Fsp3) is 0.312. The molecule has 0 radical (unpaired) electrons. The highest BCUT2D eigenvalue weighted by atomic mass is 16.3. The van der Waals surface area contributed by atoms with Crippen LogP contribution in [0.3, 0.4) is 0 Å². The summed E-state index contributed by atoms with van der Waals surface area (Å²) in [6, 6.07) is 5.75. The molecule has 4 N–H and O–H groups in total. The first kappa shape index (κ1) is 15.2. The summed E-state index contributed by atoms with van der Waals surface area (Å²) in [6.07, 6.45) is 3.42. The number of nitrogens with one attached hydrogen (secondary N) is 1. The lowest BCUT2D eigenvalue weighted by molar-refractivity contribution is 0.165. The number of aromatic nitrogens is 5. The molecule has 0 atom stereocenters. The molecule has 23 heavy (non-hydrogen) atoms. The highest BCUT2D eigenvalue weighted by Crippen LogP contribution is 2.32. The maximum atomic E-state index is 9.65. The Morgan fingerprint density at radius 3 is 2.78 bits per heavy atom. The van der Waals surface area contributed by atoms with Crippen molar-refractivity contribution in [3.8, 4) is 22.8 Å². The molecular formula is C16H20N6O. The van der Waals surface area contributed by atoms with Gasteiger partial charge in [0, 0.05) is 5.69 Å². The van der Waals surface area contributed by atoms with Crippen LogP contribution in [0.1, 0.15) is 19.5 Å². The number of nitrogen functional groups attached to an aromatic ring is 1. The van der Waals surface area contributed by atoms with Crippen molar-refractivity contribution in [2.24, 2.45) is 0 Å². The quantitative estimate of drug-likeness (QED) is 0.683. The molecule has 0 fully saturated rings. The number of aliphatic hydroxyl groups excluding tert-OH is 1. The van der Waals surface area contributed by atoms with E-state index in [0.717, 1.165) is 22.8 Å². The Morgan fingerprint density at radius 1 is 1.30 bits per heavy atom. The third kappa shape index (κ3) is 2.70. The van der Waals surface area contributed by atoms with Crippen molar-refractivity contribution in [3.05, 3.63) is 36.4 Å². The molecule has 3 rings (SSSR count). The molecule has 7 nitrogen and oxygen atoms in total. The van der Waals surface area contributed by atoms with Crippen LogP contribution < -0.4 is 5.73 Å². The molecule has 0 amide bonds. The summed E-state index contributed by atoms with van der Waals surface area (Å²) in [5, 5.41) is 9.65. The van der Waals surface area contributed by atoms with E-state index in [1.807, 2.05) is 43.5 Å². The summed E-state index contributed by atoms with van der Waals surface area (Å²) in [5.74, 6) is 0.313. The van der Waals surface area contributed by atoms with Crippen molar-refractivity contribution in [1.82, 2.24) is 24.5 Å². The zero-order chi connectivity index (χ0) is 16.6. The summed E-state index contributed by atoms with van der Waals surface area (Å²) in [6.45, 7) is 5.78. The zero-order valence-electron chi connectivity index (χ0n) is 13.4. The number of nitrogens with zero attached hydrogens (tertiary/aromatic N) is 4. The second kappa shape index (κ2) is 5.51. The van der Waals surface area contributed by atoms with Crippen LogP contribution in [0.15, 0.2) is 30.7 Å². The Balaban J connectivity index is 2.18. The molecule has 120 valence electrons. The second-order valence-corrected chi connectivity index (χ2v) is 6.13. The number of imidazole rings is 2. The van der Waals surface area contributed by atoms with Gasteiger partial charge in [-0.25, -0.2) is 9.97 Å². The maximum absolute atomic E-state index is 9.65. The highest BCUT2D eigenvalue weighted by Gasteiger charge is 2.25. The lowest BCUT2D eigenvalue weighted by atomic mass is 10.1. The van der Waals surface area contributed by atoms with E-state index in [0.29, 0.717) is 11.6 Å². The first-order valence-electron chi connectivity index (χ1n) is 7.36. The summed E-state index contributed by atoms with van der Waals surface area (Å²) in [4.78, 5) is 16.2. The average molecular weight is 312 g/mol. The Kier molecular flexibility index (Phi) is 3.65. The second-order valence-electron chi connectivity index (χ2n) is 6.13. The summed E-state index contributed by atoms with van der Waals surface area (Å²) in [5.41, 5.74) is 9.22. The molecule has 0 spiro atoms. The molecule has 7 heteroatoms. The van der Waals surface area contributed by atoms with Gasteiger partial charge in [-0.15, -0.1) is 0 Å². The Bertz CT molecular complexity index is 833. The van der Waals surface area contributed by atoms with E-state index < -0.39 is 5.54 Å². The summed E-state index contributed by atoms with van der Waals surface area (Å²) in [7, 11) is 0. The van der Waals surface area contributed by atoms with Gasteiger partial charge in [0.15, 0.2) is 5.95 Å². The Morgan fingerprint density at radius 2 is 2.09 bits per heavy atom. The maximum Gasteiger partial charge on any atom is 0.198 e. The van der Waals surface area contributed by atoms with Gasteiger partial charge in [0.25, 0.3) is 0 Å². The predicted octanol–water partition coefficient (Wildman–Crippen LogP) is 1.95. The first-order chi connectivity index (χ1) is 10.9. The van der Waals surface area contributed by atoms with Crippen LogP contribution in [-0.4, -0.2) is 36.2 Å².